The first-order chi connectivity index (χ1) is 12.8. The summed E-state index contributed by atoms with van der Waals surface area (Å²) in [5.41, 5.74) is -0.773. The van der Waals surface area contributed by atoms with Crippen LogP contribution in [0.15, 0.2) is 28.2 Å². The maximum Gasteiger partial charge on any atom is 1.00 e. The Morgan fingerprint density at radius 1 is 1.29 bits per heavy atom. The van der Waals surface area contributed by atoms with Crippen molar-refractivity contribution in [3.8, 4) is 0 Å². The second-order valence-electron chi connectivity index (χ2n) is 5.99. The van der Waals surface area contributed by atoms with Crippen LogP contribution in [0.25, 0.3) is 10.3 Å². The summed E-state index contributed by atoms with van der Waals surface area (Å²) in [6, 6.07) is 3.89. The van der Waals surface area contributed by atoms with E-state index in [2.05, 4.69) is 20.3 Å². The quantitative estimate of drug-likeness (QED) is 0.232. The van der Waals surface area contributed by atoms with Crippen molar-refractivity contribution in [1.29, 1.82) is 0 Å². The fraction of sp³-hybridized carbons (Fsp3) is 0.312. The zero-order valence-electron chi connectivity index (χ0n) is 15.1. The molecular weight excluding hydrogens is 437 g/mol. The van der Waals surface area contributed by atoms with Crippen LogP contribution < -0.4 is 66.6 Å². The van der Waals surface area contributed by atoms with Gasteiger partial charge in [0, 0.05) is 11.3 Å². The summed E-state index contributed by atoms with van der Waals surface area (Å²) in [6.45, 7) is 0.818. The zero-order valence-corrected chi connectivity index (χ0v) is 19.8. The van der Waals surface area contributed by atoms with E-state index in [1.807, 2.05) is 0 Å². The number of rotatable bonds is 7. The van der Waals surface area contributed by atoms with Crippen LogP contribution in [-0.4, -0.2) is 38.9 Å². The molecule has 2 aromatic heterocycles. The number of aliphatic hydroxyl groups is 2. The number of nitrogens with zero attached hydrogens (tertiary/aromatic N) is 3. The molecule has 2 heterocycles. The molecule has 3 aromatic rings. The summed E-state index contributed by atoms with van der Waals surface area (Å²) < 4.78 is 27.5. The molecular formula is C16H15F2KN4O3S2. The van der Waals surface area contributed by atoms with Crippen molar-refractivity contribution in [2.24, 2.45) is 0 Å². The van der Waals surface area contributed by atoms with Crippen molar-refractivity contribution in [2.45, 2.75) is 23.4 Å². The first kappa shape index (κ1) is 23.8. The number of hydrogen-bond donors (Lipinski definition) is 3. The van der Waals surface area contributed by atoms with Crippen molar-refractivity contribution in [3.63, 3.8) is 0 Å². The number of thioether (sulfide) groups is 1. The van der Waals surface area contributed by atoms with Crippen LogP contribution in [0.3, 0.4) is 0 Å². The maximum absolute atomic E-state index is 13.8. The molecule has 7 nitrogen and oxygen atoms in total. The number of hydrogen-bond acceptors (Lipinski definition) is 8. The number of aromatic nitrogens is 3. The Morgan fingerprint density at radius 2 is 2.00 bits per heavy atom. The molecule has 0 radical (unpaired) electrons. The van der Waals surface area contributed by atoms with Crippen molar-refractivity contribution >= 4 is 39.3 Å². The van der Waals surface area contributed by atoms with Gasteiger partial charge in [-0.05, 0) is 18.6 Å². The van der Waals surface area contributed by atoms with Crippen molar-refractivity contribution in [1.82, 2.24) is 15.0 Å². The summed E-state index contributed by atoms with van der Waals surface area (Å²) in [5.74, 6) is -1.58. The molecule has 0 amide bonds. The number of aliphatic hydroxyl groups excluding tert-OH is 2. The number of thiazole rings is 1. The predicted molar refractivity (Wildman–Crippen MR) is 99.1 cm³/mol. The van der Waals surface area contributed by atoms with E-state index in [9.17, 15) is 23.8 Å². The van der Waals surface area contributed by atoms with Crippen molar-refractivity contribution < 1.29 is 70.4 Å². The summed E-state index contributed by atoms with van der Waals surface area (Å²) in [5, 5.41) is 22.1. The first-order valence-electron chi connectivity index (χ1n) is 7.76. The van der Waals surface area contributed by atoms with E-state index >= 15 is 0 Å². The Bertz CT molecular complexity index is 1030. The minimum absolute atomic E-state index is 0. The number of anilines is 1. The Morgan fingerprint density at radius 3 is 2.68 bits per heavy atom. The Balaban J connectivity index is 0.00000280. The average Bonchev–Trinajstić information content (AvgIpc) is 3.03. The molecule has 1 aromatic carbocycles. The van der Waals surface area contributed by atoms with E-state index in [1.165, 1.54) is 12.1 Å². The molecule has 0 aliphatic carbocycles. The molecule has 0 saturated carbocycles. The van der Waals surface area contributed by atoms with Gasteiger partial charge in [-0.25, -0.2) is 13.8 Å². The molecule has 0 aliphatic heterocycles. The standard InChI is InChI=1S/C16H16F2N4O3S2.K/c1-16(6-23,7-24)22-13-11-12(21-15(25)27-11)19-14(20-13)26-5-8-3-2-4-9(17)10(8)18;/h2-4,23-24H,5-7H2,1H3,(H2,19,20,21,22,25);/q;+1/p-1. The fourth-order valence-corrected chi connectivity index (χ4v) is 3.65. The first-order valence-corrected chi connectivity index (χ1v) is 9.56. The van der Waals surface area contributed by atoms with Crippen molar-refractivity contribution in [2.75, 3.05) is 18.5 Å². The van der Waals surface area contributed by atoms with Crippen LogP contribution in [0.4, 0.5) is 14.6 Å². The van der Waals surface area contributed by atoms with E-state index in [4.69, 9.17) is 0 Å². The second-order valence-corrected chi connectivity index (χ2v) is 7.89. The minimum atomic E-state index is -1.08. The largest absolute Gasteiger partial charge is 1.00 e. The third-order valence-corrected chi connectivity index (χ3v) is 5.46. The van der Waals surface area contributed by atoms with Gasteiger partial charge in [-0.2, -0.15) is 0 Å². The Labute approximate surface area is 209 Å². The number of nitrogens with one attached hydrogen (secondary N) is 1. The van der Waals surface area contributed by atoms with Gasteiger partial charge >= 0.3 is 51.4 Å². The van der Waals surface area contributed by atoms with Gasteiger partial charge in [-0.3, -0.25) is 4.79 Å². The van der Waals surface area contributed by atoms with Gasteiger partial charge in [0.2, 0.25) is 4.87 Å². The molecule has 0 atom stereocenters. The van der Waals surface area contributed by atoms with E-state index in [1.54, 1.807) is 6.92 Å². The fourth-order valence-electron chi connectivity index (χ4n) is 2.15. The van der Waals surface area contributed by atoms with Gasteiger partial charge in [-0.1, -0.05) is 23.5 Å². The molecule has 12 heteroatoms. The van der Waals surface area contributed by atoms with Crippen LogP contribution in [0.2, 0.25) is 0 Å². The Kier molecular flexibility index (Phi) is 8.55. The van der Waals surface area contributed by atoms with E-state index in [0.717, 1.165) is 29.2 Å². The Hall–Kier alpha value is -0.444. The van der Waals surface area contributed by atoms with E-state index in [0.29, 0.717) is 4.70 Å². The molecule has 3 N–H and O–H groups in total. The normalized spacial score (nSPS) is 11.5. The molecule has 0 fully saturated rings. The van der Waals surface area contributed by atoms with Gasteiger partial charge in [0.15, 0.2) is 11.6 Å². The van der Waals surface area contributed by atoms with Gasteiger partial charge in [-0.15, -0.1) is 11.8 Å². The third-order valence-electron chi connectivity index (χ3n) is 3.72. The number of fused-ring (bicyclic) bond motifs is 1. The molecule has 0 saturated heterocycles. The topological polar surface area (TPSA) is 109 Å². The molecule has 0 bridgehead atoms. The van der Waals surface area contributed by atoms with Gasteiger partial charge in [0.05, 0.1) is 28.6 Å². The number of halogens is 2. The van der Waals surface area contributed by atoms with Crippen LogP contribution in [0, 0.1) is 11.6 Å². The van der Waals surface area contributed by atoms with Gasteiger partial charge in [0.25, 0.3) is 0 Å². The molecule has 3 rings (SSSR count). The van der Waals surface area contributed by atoms with Crippen molar-refractivity contribution in [3.05, 3.63) is 45.1 Å². The monoisotopic (exact) mass is 452 g/mol. The summed E-state index contributed by atoms with van der Waals surface area (Å²) in [4.78, 5) is 23.4. The summed E-state index contributed by atoms with van der Waals surface area (Å²) in [6.07, 6.45) is 0. The SMILES string of the molecule is CC(CO)(CO)Nc1nc(SCc2cccc(F)c2F)nc2[n-]c(=O)sc12.[K+]. The number of benzene rings is 1. The van der Waals surface area contributed by atoms with Gasteiger partial charge < -0.3 is 25.5 Å². The second kappa shape index (κ2) is 10.0. The smallest absolute Gasteiger partial charge is 0.413 e. The molecule has 0 spiro atoms. The van der Waals surface area contributed by atoms with Gasteiger partial charge in [0.1, 0.15) is 5.82 Å². The molecule has 28 heavy (non-hydrogen) atoms. The third kappa shape index (κ3) is 5.37. The van der Waals surface area contributed by atoms with Crippen LogP contribution in [-0.2, 0) is 5.75 Å². The van der Waals surface area contributed by atoms with Crippen LogP contribution >= 0.6 is 23.1 Å². The molecule has 144 valence electrons. The summed E-state index contributed by atoms with van der Waals surface area (Å²) in [7, 11) is 0. The van der Waals surface area contributed by atoms with Crippen LogP contribution in [0.1, 0.15) is 12.5 Å². The average molecular weight is 453 g/mol. The van der Waals surface area contributed by atoms with Crippen LogP contribution in [0.5, 0.6) is 0 Å². The maximum atomic E-state index is 13.8. The molecule has 0 unspecified atom stereocenters. The van der Waals surface area contributed by atoms with E-state index < -0.39 is 22.0 Å². The predicted octanol–water partition coefficient (Wildman–Crippen LogP) is -1.26. The molecule has 0 aliphatic rings. The summed E-state index contributed by atoms with van der Waals surface area (Å²) >= 11 is 1.88. The minimum Gasteiger partial charge on any atom is -0.413 e. The van der Waals surface area contributed by atoms with E-state index in [-0.39, 0.29) is 92.5 Å². The zero-order chi connectivity index (χ0) is 19.6.